The average Bonchev–Trinajstić information content (AvgIpc) is 2.60. The molecule has 2 aromatic rings. The third-order valence-electron chi connectivity index (χ3n) is 2.47. The Balaban J connectivity index is 2.29. The van der Waals surface area contributed by atoms with Crippen molar-refractivity contribution in [2.75, 3.05) is 0 Å². The van der Waals surface area contributed by atoms with Crippen molar-refractivity contribution in [3.05, 3.63) is 34.4 Å². The number of carboxylic acids is 1. The number of aliphatic carboxylic acids is 1. The lowest BCUT2D eigenvalue weighted by Crippen LogP contribution is -2.32. The van der Waals surface area contributed by atoms with Crippen molar-refractivity contribution in [2.24, 2.45) is 5.73 Å². The molecule has 0 spiro atoms. The van der Waals surface area contributed by atoms with Gasteiger partial charge in [-0.2, -0.15) is 0 Å². The van der Waals surface area contributed by atoms with Crippen LogP contribution in [0.4, 0.5) is 0 Å². The number of benzene rings is 1. The van der Waals surface area contributed by atoms with Crippen LogP contribution >= 0.6 is 15.9 Å². The Morgan fingerprint density at radius 2 is 2.31 bits per heavy atom. The van der Waals surface area contributed by atoms with E-state index in [1.807, 2.05) is 24.4 Å². The molecule has 5 heteroatoms. The molecule has 2 rings (SSSR count). The highest BCUT2D eigenvalue weighted by Crippen LogP contribution is 2.24. The summed E-state index contributed by atoms with van der Waals surface area (Å²) >= 11 is 3.42. The number of hydrogen-bond donors (Lipinski definition) is 3. The zero-order valence-electron chi connectivity index (χ0n) is 8.40. The number of hydrogen-bond acceptors (Lipinski definition) is 2. The molecule has 0 aliphatic rings. The first-order valence-electron chi connectivity index (χ1n) is 4.82. The summed E-state index contributed by atoms with van der Waals surface area (Å²) in [6.07, 6.45) is 2.19. The SMILES string of the molecule is NC(Cc1ccc2c(Br)c[nH]c2c1)C(=O)O. The second-order valence-corrected chi connectivity index (χ2v) is 4.52. The zero-order chi connectivity index (χ0) is 11.7. The Morgan fingerprint density at radius 1 is 1.56 bits per heavy atom. The third kappa shape index (κ3) is 2.10. The van der Waals surface area contributed by atoms with Gasteiger partial charge in [-0.1, -0.05) is 12.1 Å². The Bertz CT molecular complexity index is 536. The lowest BCUT2D eigenvalue weighted by atomic mass is 10.1. The highest BCUT2D eigenvalue weighted by molar-refractivity contribution is 9.10. The summed E-state index contributed by atoms with van der Waals surface area (Å²) in [6, 6.07) is 4.91. The maximum Gasteiger partial charge on any atom is 0.320 e. The van der Waals surface area contributed by atoms with E-state index in [2.05, 4.69) is 20.9 Å². The molecule has 84 valence electrons. The molecule has 0 radical (unpaired) electrons. The van der Waals surface area contributed by atoms with Crippen LogP contribution in [-0.4, -0.2) is 22.1 Å². The fraction of sp³-hybridized carbons (Fsp3) is 0.182. The van der Waals surface area contributed by atoms with E-state index >= 15 is 0 Å². The highest BCUT2D eigenvalue weighted by atomic mass is 79.9. The van der Waals surface area contributed by atoms with Crippen molar-refractivity contribution < 1.29 is 9.90 Å². The van der Waals surface area contributed by atoms with E-state index in [0.717, 1.165) is 20.9 Å². The predicted octanol–water partition coefficient (Wildman–Crippen LogP) is 1.88. The number of aromatic nitrogens is 1. The van der Waals surface area contributed by atoms with Gasteiger partial charge in [0.1, 0.15) is 6.04 Å². The van der Waals surface area contributed by atoms with E-state index < -0.39 is 12.0 Å². The maximum atomic E-state index is 10.6. The summed E-state index contributed by atoms with van der Waals surface area (Å²) < 4.78 is 0.997. The molecule has 1 aromatic carbocycles. The van der Waals surface area contributed by atoms with Crippen molar-refractivity contribution in [1.82, 2.24) is 4.98 Å². The second-order valence-electron chi connectivity index (χ2n) is 3.67. The third-order valence-corrected chi connectivity index (χ3v) is 3.12. The topological polar surface area (TPSA) is 79.1 Å². The van der Waals surface area contributed by atoms with Gasteiger partial charge in [-0.05, 0) is 34.0 Å². The quantitative estimate of drug-likeness (QED) is 0.804. The number of nitrogens with two attached hydrogens (primary N) is 1. The van der Waals surface area contributed by atoms with Crippen LogP contribution < -0.4 is 5.73 Å². The van der Waals surface area contributed by atoms with Gasteiger partial charge in [-0.25, -0.2) is 0 Å². The number of fused-ring (bicyclic) bond motifs is 1. The van der Waals surface area contributed by atoms with Gasteiger partial charge in [0, 0.05) is 21.6 Å². The standard InChI is InChI=1S/C11H11BrN2O2/c12-8-5-14-10-4-6(1-2-7(8)10)3-9(13)11(15)16/h1-2,4-5,9,14H,3,13H2,(H,15,16). The van der Waals surface area contributed by atoms with Gasteiger partial charge in [-0.3, -0.25) is 4.79 Å². The first-order valence-corrected chi connectivity index (χ1v) is 5.61. The lowest BCUT2D eigenvalue weighted by Gasteiger charge is -2.06. The van der Waals surface area contributed by atoms with Gasteiger partial charge >= 0.3 is 5.97 Å². The molecule has 0 aliphatic carbocycles. The van der Waals surface area contributed by atoms with Crippen molar-refractivity contribution in [3.8, 4) is 0 Å². The number of rotatable bonds is 3. The molecule has 0 aliphatic heterocycles. The molecule has 1 aromatic heterocycles. The molecule has 0 bridgehead atoms. The fourth-order valence-electron chi connectivity index (χ4n) is 1.61. The molecule has 1 heterocycles. The average molecular weight is 283 g/mol. The lowest BCUT2D eigenvalue weighted by molar-refractivity contribution is -0.138. The first-order chi connectivity index (χ1) is 7.58. The molecule has 4 N–H and O–H groups in total. The summed E-state index contributed by atoms with van der Waals surface area (Å²) in [5.41, 5.74) is 7.37. The summed E-state index contributed by atoms with van der Waals surface area (Å²) in [6.45, 7) is 0. The molecule has 1 unspecified atom stereocenters. The number of aromatic amines is 1. The van der Waals surface area contributed by atoms with E-state index in [-0.39, 0.29) is 0 Å². The van der Waals surface area contributed by atoms with Crippen LogP contribution in [0.25, 0.3) is 10.9 Å². The van der Waals surface area contributed by atoms with Crippen molar-refractivity contribution in [2.45, 2.75) is 12.5 Å². The van der Waals surface area contributed by atoms with Gasteiger partial charge in [-0.15, -0.1) is 0 Å². The van der Waals surface area contributed by atoms with Crippen molar-refractivity contribution in [1.29, 1.82) is 0 Å². The van der Waals surface area contributed by atoms with E-state index in [9.17, 15) is 4.79 Å². The minimum atomic E-state index is -0.979. The van der Waals surface area contributed by atoms with E-state index in [1.165, 1.54) is 0 Å². The highest BCUT2D eigenvalue weighted by Gasteiger charge is 2.12. The van der Waals surface area contributed by atoms with Crippen LogP contribution in [0.5, 0.6) is 0 Å². The Morgan fingerprint density at radius 3 is 3.00 bits per heavy atom. The number of H-pyrrole nitrogens is 1. The maximum absolute atomic E-state index is 10.6. The number of halogens is 1. The second kappa shape index (κ2) is 4.27. The van der Waals surface area contributed by atoms with Gasteiger partial charge in [0.15, 0.2) is 0 Å². The Labute approximate surface area is 101 Å². The smallest absolute Gasteiger partial charge is 0.320 e. The summed E-state index contributed by atoms with van der Waals surface area (Å²) in [7, 11) is 0. The molecule has 4 nitrogen and oxygen atoms in total. The number of nitrogens with one attached hydrogen (secondary N) is 1. The zero-order valence-corrected chi connectivity index (χ0v) is 9.99. The van der Waals surface area contributed by atoms with Crippen LogP contribution in [-0.2, 0) is 11.2 Å². The van der Waals surface area contributed by atoms with Crippen LogP contribution in [0.2, 0.25) is 0 Å². The minimum absolute atomic E-state index is 0.335. The normalized spacial score (nSPS) is 12.9. The molecular formula is C11H11BrN2O2. The van der Waals surface area contributed by atoms with Crippen LogP contribution in [0.15, 0.2) is 28.9 Å². The molecule has 0 amide bonds. The molecule has 1 atom stereocenters. The largest absolute Gasteiger partial charge is 0.480 e. The Kier molecular flexibility index (Phi) is 2.98. The monoisotopic (exact) mass is 282 g/mol. The van der Waals surface area contributed by atoms with Gasteiger partial charge < -0.3 is 15.8 Å². The van der Waals surface area contributed by atoms with E-state index in [1.54, 1.807) is 0 Å². The van der Waals surface area contributed by atoms with Crippen molar-refractivity contribution >= 4 is 32.8 Å². The molecule has 16 heavy (non-hydrogen) atoms. The minimum Gasteiger partial charge on any atom is -0.480 e. The van der Waals surface area contributed by atoms with Gasteiger partial charge in [0.2, 0.25) is 0 Å². The first kappa shape index (κ1) is 11.2. The summed E-state index contributed by atoms with van der Waals surface area (Å²) in [5, 5.41) is 9.80. The predicted molar refractivity (Wildman–Crippen MR) is 65.3 cm³/mol. The van der Waals surface area contributed by atoms with Gasteiger partial charge in [0.05, 0.1) is 0 Å². The number of carbonyl (C=O) groups is 1. The van der Waals surface area contributed by atoms with Crippen LogP contribution in [0, 0.1) is 0 Å². The summed E-state index contributed by atoms with van der Waals surface area (Å²) in [4.78, 5) is 13.7. The van der Waals surface area contributed by atoms with Crippen LogP contribution in [0.3, 0.4) is 0 Å². The fourth-order valence-corrected chi connectivity index (χ4v) is 2.07. The summed E-state index contributed by atoms with van der Waals surface area (Å²) in [5.74, 6) is -0.979. The van der Waals surface area contributed by atoms with Crippen LogP contribution in [0.1, 0.15) is 5.56 Å². The molecular weight excluding hydrogens is 272 g/mol. The van der Waals surface area contributed by atoms with Crippen molar-refractivity contribution in [3.63, 3.8) is 0 Å². The van der Waals surface area contributed by atoms with E-state index in [4.69, 9.17) is 10.8 Å². The Hall–Kier alpha value is -1.33. The molecule has 0 fully saturated rings. The molecule has 0 saturated heterocycles. The number of carboxylic acid groups (broad SMARTS) is 1. The van der Waals surface area contributed by atoms with Gasteiger partial charge in [0.25, 0.3) is 0 Å². The van der Waals surface area contributed by atoms with E-state index in [0.29, 0.717) is 6.42 Å². The molecule has 0 saturated carbocycles.